The van der Waals surface area contributed by atoms with E-state index >= 15 is 0 Å². The highest BCUT2D eigenvalue weighted by molar-refractivity contribution is 5.35. The number of aryl methyl sites for hydroxylation is 1. The van der Waals surface area contributed by atoms with Crippen LogP contribution in [0.15, 0.2) is 6.07 Å². The van der Waals surface area contributed by atoms with Gasteiger partial charge < -0.3 is 5.32 Å². The van der Waals surface area contributed by atoms with Crippen molar-refractivity contribution in [3.63, 3.8) is 0 Å². The quantitative estimate of drug-likeness (QED) is 0.806. The van der Waals surface area contributed by atoms with Gasteiger partial charge in [0.15, 0.2) is 0 Å². The van der Waals surface area contributed by atoms with E-state index in [1.807, 2.05) is 20.0 Å². The second kappa shape index (κ2) is 4.17. The van der Waals surface area contributed by atoms with Crippen LogP contribution in [-0.2, 0) is 0 Å². The number of nitrogens with one attached hydrogen (secondary N) is 1. The van der Waals surface area contributed by atoms with Crippen molar-refractivity contribution in [2.45, 2.75) is 39.0 Å². The molecular formula is C12H19N3. The first kappa shape index (κ1) is 10.4. The Morgan fingerprint density at radius 3 is 2.73 bits per heavy atom. The summed E-state index contributed by atoms with van der Waals surface area (Å²) in [6, 6.07) is 1.99. The SMILES string of the molecule is CNc1cc(C)nc(C2CCC(C)C2)n1. The monoisotopic (exact) mass is 205 g/mol. The Balaban J connectivity index is 2.24. The van der Waals surface area contributed by atoms with E-state index in [-0.39, 0.29) is 0 Å². The Kier molecular flexibility index (Phi) is 2.89. The topological polar surface area (TPSA) is 37.8 Å². The van der Waals surface area contributed by atoms with Gasteiger partial charge in [-0.2, -0.15) is 0 Å². The van der Waals surface area contributed by atoms with Crippen molar-refractivity contribution >= 4 is 5.82 Å². The van der Waals surface area contributed by atoms with Crippen molar-refractivity contribution < 1.29 is 0 Å². The molecule has 0 saturated heterocycles. The Hall–Kier alpha value is -1.12. The lowest BCUT2D eigenvalue weighted by molar-refractivity contribution is 0.585. The smallest absolute Gasteiger partial charge is 0.134 e. The van der Waals surface area contributed by atoms with Gasteiger partial charge in [0.05, 0.1) is 0 Å². The zero-order chi connectivity index (χ0) is 10.8. The third-order valence-corrected chi connectivity index (χ3v) is 3.19. The van der Waals surface area contributed by atoms with Gasteiger partial charge in [0.1, 0.15) is 11.6 Å². The molecule has 0 spiro atoms. The van der Waals surface area contributed by atoms with Crippen LogP contribution in [0.4, 0.5) is 5.82 Å². The van der Waals surface area contributed by atoms with Crippen LogP contribution in [0.1, 0.15) is 43.6 Å². The van der Waals surface area contributed by atoms with Crippen molar-refractivity contribution in [3.05, 3.63) is 17.6 Å². The molecule has 2 unspecified atom stereocenters. The molecule has 2 rings (SSSR count). The van der Waals surface area contributed by atoms with Crippen LogP contribution in [-0.4, -0.2) is 17.0 Å². The van der Waals surface area contributed by atoms with Crippen LogP contribution in [0.25, 0.3) is 0 Å². The molecule has 0 aliphatic heterocycles. The molecule has 0 amide bonds. The summed E-state index contributed by atoms with van der Waals surface area (Å²) < 4.78 is 0. The molecule has 3 nitrogen and oxygen atoms in total. The minimum absolute atomic E-state index is 0.576. The third kappa shape index (κ3) is 2.28. The fourth-order valence-electron chi connectivity index (χ4n) is 2.34. The molecule has 0 bridgehead atoms. The van der Waals surface area contributed by atoms with E-state index in [1.54, 1.807) is 0 Å². The van der Waals surface area contributed by atoms with Crippen molar-refractivity contribution in [3.8, 4) is 0 Å². The summed E-state index contributed by atoms with van der Waals surface area (Å²) in [7, 11) is 1.91. The standard InChI is InChI=1S/C12H19N3/c1-8-4-5-10(6-8)12-14-9(2)7-11(13-3)15-12/h7-8,10H,4-6H2,1-3H3,(H,13,14,15). The van der Waals surface area contributed by atoms with E-state index < -0.39 is 0 Å². The van der Waals surface area contributed by atoms with E-state index in [0.29, 0.717) is 5.92 Å². The fraction of sp³-hybridized carbons (Fsp3) is 0.667. The third-order valence-electron chi connectivity index (χ3n) is 3.19. The molecule has 1 aromatic rings. The van der Waals surface area contributed by atoms with Crippen LogP contribution in [0.2, 0.25) is 0 Å². The summed E-state index contributed by atoms with van der Waals surface area (Å²) in [6.07, 6.45) is 3.80. The zero-order valence-electron chi connectivity index (χ0n) is 9.75. The molecule has 0 radical (unpaired) electrons. The molecule has 2 atom stereocenters. The van der Waals surface area contributed by atoms with Crippen LogP contribution < -0.4 is 5.32 Å². The lowest BCUT2D eigenvalue weighted by Gasteiger charge is -2.10. The molecule has 82 valence electrons. The molecule has 1 N–H and O–H groups in total. The average molecular weight is 205 g/mol. The van der Waals surface area contributed by atoms with Crippen molar-refractivity contribution in [1.82, 2.24) is 9.97 Å². The van der Waals surface area contributed by atoms with Gasteiger partial charge in [0, 0.05) is 24.7 Å². The first-order valence-corrected chi connectivity index (χ1v) is 5.72. The summed E-state index contributed by atoms with van der Waals surface area (Å²) in [5.74, 6) is 3.38. The number of aromatic nitrogens is 2. The highest BCUT2D eigenvalue weighted by Crippen LogP contribution is 2.36. The summed E-state index contributed by atoms with van der Waals surface area (Å²) in [4.78, 5) is 9.09. The van der Waals surface area contributed by atoms with Gasteiger partial charge >= 0.3 is 0 Å². The summed E-state index contributed by atoms with van der Waals surface area (Å²) >= 11 is 0. The lowest BCUT2D eigenvalue weighted by Crippen LogP contribution is -2.05. The molecule has 0 aromatic carbocycles. The van der Waals surface area contributed by atoms with Crippen LogP contribution >= 0.6 is 0 Å². The maximum absolute atomic E-state index is 4.55. The Morgan fingerprint density at radius 1 is 1.33 bits per heavy atom. The predicted octanol–water partition coefficient (Wildman–Crippen LogP) is 2.73. The molecule has 1 aliphatic rings. The minimum atomic E-state index is 0.576. The van der Waals surface area contributed by atoms with Crippen LogP contribution in [0.3, 0.4) is 0 Å². The first-order valence-electron chi connectivity index (χ1n) is 5.72. The van der Waals surface area contributed by atoms with Crippen molar-refractivity contribution in [2.75, 3.05) is 12.4 Å². The maximum atomic E-state index is 4.55. The van der Waals surface area contributed by atoms with Gasteiger partial charge in [-0.15, -0.1) is 0 Å². The van der Waals surface area contributed by atoms with E-state index in [1.165, 1.54) is 19.3 Å². The van der Waals surface area contributed by atoms with Gasteiger partial charge in [0.25, 0.3) is 0 Å². The normalized spacial score (nSPS) is 25.5. The Bertz CT molecular complexity index is 349. The number of rotatable bonds is 2. The predicted molar refractivity (Wildman–Crippen MR) is 62.1 cm³/mol. The van der Waals surface area contributed by atoms with E-state index in [4.69, 9.17) is 0 Å². The van der Waals surface area contributed by atoms with Crippen molar-refractivity contribution in [2.24, 2.45) is 5.92 Å². The molecular weight excluding hydrogens is 186 g/mol. The van der Waals surface area contributed by atoms with Gasteiger partial charge in [0.2, 0.25) is 0 Å². The molecule has 15 heavy (non-hydrogen) atoms. The van der Waals surface area contributed by atoms with Crippen LogP contribution in [0, 0.1) is 12.8 Å². The van der Waals surface area contributed by atoms with Gasteiger partial charge in [-0.25, -0.2) is 9.97 Å². The number of anilines is 1. The summed E-state index contributed by atoms with van der Waals surface area (Å²) in [5.41, 5.74) is 1.06. The number of hydrogen-bond donors (Lipinski definition) is 1. The van der Waals surface area contributed by atoms with E-state index in [9.17, 15) is 0 Å². The van der Waals surface area contributed by atoms with Crippen molar-refractivity contribution in [1.29, 1.82) is 0 Å². The fourth-order valence-corrected chi connectivity index (χ4v) is 2.34. The summed E-state index contributed by atoms with van der Waals surface area (Å²) in [6.45, 7) is 4.35. The number of hydrogen-bond acceptors (Lipinski definition) is 3. The molecule has 1 heterocycles. The molecule has 1 saturated carbocycles. The highest BCUT2D eigenvalue weighted by Gasteiger charge is 2.25. The van der Waals surface area contributed by atoms with E-state index in [0.717, 1.165) is 23.3 Å². The van der Waals surface area contributed by atoms with E-state index in [2.05, 4.69) is 22.2 Å². The van der Waals surface area contributed by atoms with Gasteiger partial charge in [-0.3, -0.25) is 0 Å². The molecule has 3 heteroatoms. The number of nitrogens with zero attached hydrogens (tertiary/aromatic N) is 2. The molecule has 1 aliphatic carbocycles. The molecule has 1 fully saturated rings. The highest BCUT2D eigenvalue weighted by atomic mass is 15.0. The average Bonchev–Trinajstić information content (AvgIpc) is 2.64. The Labute approximate surface area is 91.3 Å². The zero-order valence-corrected chi connectivity index (χ0v) is 9.75. The second-order valence-electron chi connectivity index (χ2n) is 4.62. The summed E-state index contributed by atoms with van der Waals surface area (Å²) in [5, 5.41) is 3.09. The van der Waals surface area contributed by atoms with Gasteiger partial charge in [-0.05, 0) is 32.1 Å². The maximum Gasteiger partial charge on any atom is 0.134 e. The largest absolute Gasteiger partial charge is 0.373 e. The minimum Gasteiger partial charge on any atom is -0.373 e. The van der Waals surface area contributed by atoms with Crippen LogP contribution in [0.5, 0.6) is 0 Å². The van der Waals surface area contributed by atoms with Gasteiger partial charge in [-0.1, -0.05) is 6.92 Å². The Morgan fingerprint density at radius 2 is 2.13 bits per heavy atom. The lowest BCUT2D eigenvalue weighted by atomic mass is 10.1. The first-order chi connectivity index (χ1) is 7.19. The molecule has 1 aromatic heterocycles. The second-order valence-corrected chi connectivity index (χ2v) is 4.62.